The molecule has 0 saturated carbocycles. The van der Waals surface area contributed by atoms with Crippen LogP contribution in [-0.4, -0.2) is 5.92 Å². The Balaban J connectivity index is 0.00000264. The van der Waals surface area contributed by atoms with E-state index in [-0.39, 0.29) is 24.8 Å². The zero-order valence-electron chi connectivity index (χ0n) is 17.0. The first-order valence-electron chi connectivity index (χ1n) is 8.60. The number of allylic oxidation sites excluding steroid dienone is 8. The van der Waals surface area contributed by atoms with Crippen LogP contribution in [0.3, 0.4) is 0 Å². The molecule has 2 atom stereocenters. The van der Waals surface area contributed by atoms with Gasteiger partial charge in [0, 0.05) is 0 Å². The molecule has 0 aromatic carbocycles. The predicted molar refractivity (Wildman–Crippen MR) is 99.9 cm³/mol. The van der Waals surface area contributed by atoms with E-state index in [1.165, 1.54) is 11.1 Å². The summed E-state index contributed by atoms with van der Waals surface area (Å²) in [5.74, 6) is -0.673. The van der Waals surface area contributed by atoms with Gasteiger partial charge in [-0.1, -0.05) is 0 Å². The van der Waals surface area contributed by atoms with Gasteiger partial charge in [-0.15, -0.1) is 0 Å². The van der Waals surface area contributed by atoms with Crippen LogP contribution in [0.25, 0.3) is 0 Å². The first-order chi connectivity index (χ1) is 9.96. The average molecular weight is 464 g/mol. The summed E-state index contributed by atoms with van der Waals surface area (Å²) in [7, 11) is 0. The van der Waals surface area contributed by atoms with Gasteiger partial charge in [-0.2, -0.15) is 0 Å². The quantitative estimate of drug-likeness (QED) is 0.536. The molecule has 0 aromatic rings. The van der Waals surface area contributed by atoms with E-state index in [0.717, 1.165) is 0 Å². The van der Waals surface area contributed by atoms with Crippen molar-refractivity contribution in [2.24, 2.45) is 0 Å². The molecular formula is C20H33Cl2SiZr. The van der Waals surface area contributed by atoms with Crippen LogP contribution in [0.1, 0.15) is 55.4 Å². The minimum atomic E-state index is -1.77. The summed E-state index contributed by atoms with van der Waals surface area (Å²) < 4.78 is 0.822. The molecule has 2 aliphatic carbocycles. The van der Waals surface area contributed by atoms with Gasteiger partial charge in [0.25, 0.3) is 0 Å². The fourth-order valence-electron chi connectivity index (χ4n) is 4.97. The van der Waals surface area contributed by atoms with Crippen LogP contribution in [0.2, 0.25) is 19.3 Å². The summed E-state index contributed by atoms with van der Waals surface area (Å²) in [5, 5.41) is 0. The van der Waals surface area contributed by atoms with Crippen LogP contribution in [0.4, 0.5) is 0 Å². The summed E-state index contributed by atoms with van der Waals surface area (Å²) in [5.41, 5.74) is 9.57. The van der Waals surface area contributed by atoms with Crippen molar-refractivity contribution < 1.29 is 45.7 Å². The minimum absolute atomic E-state index is 0. The van der Waals surface area contributed by atoms with Gasteiger partial charge in [-0.25, -0.2) is 0 Å². The van der Waals surface area contributed by atoms with Crippen molar-refractivity contribution in [1.29, 1.82) is 0 Å². The number of rotatable bonds is 3. The van der Waals surface area contributed by atoms with Gasteiger partial charge in [0.2, 0.25) is 0 Å². The molecule has 0 radical (unpaired) electrons. The minimum Gasteiger partial charge on any atom is -1.00 e. The van der Waals surface area contributed by atoms with E-state index in [9.17, 15) is 0 Å². The molecule has 0 aliphatic heterocycles. The monoisotopic (exact) mass is 461 g/mol. The van der Waals surface area contributed by atoms with Crippen molar-refractivity contribution in [3.05, 3.63) is 45.6 Å². The Kier molecular flexibility index (Phi) is 8.33. The molecule has 0 aromatic heterocycles. The van der Waals surface area contributed by atoms with E-state index in [2.05, 4.69) is 80.6 Å². The third kappa shape index (κ3) is 3.55. The molecule has 135 valence electrons. The Labute approximate surface area is 171 Å². The van der Waals surface area contributed by atoms with E-state index in [1.54, 1.807) is 22.3 Å². The van der Waals surface area contributed by atoms with Gasteiger partial charge in [0.1, 0.15) is 0 Å². The van der Waals surface area contributed by atoms with Crippen LogP contribution in [0, 0.1) is 0 Å². The topological polar surface area (TPSA) is 0 Å². The smallest absolute Gasteiger partial charge is 1.00 e. The van der Waals surface area contributed by atoms with Gasteiger partial charge in [0.15, 0.2) is 0 Å². The van der Waals surface area contributed by atoms with Crippen LogP contribution < -0.4 is 24.8 Å². The molecule has 4 heteroatoms. The summed E-state index contributed by atoms with van der Waals surface area (Å²) in [6, 6.07) is 0. The Morgan fingerprint density at radius 1 is 0.708 bits per heavy atom. The van der Waals surface area contributed by atoms with Crippen LogP contribution in [0.5, 0.6) is 0 Å². The largest absolute Gasteiger partial charge is 1.00 e. The fraction of sp³-hybridized carbons (Fsp3) is 0.600. The van der Waals surface area contributed by atoms with Gasteiger partial charge >= 0.3 is 147 Å². The van der Waals surface area contributed by atoms with Crippen LogP contribution >= 0.6 is 0 Å². The van der Waals surface area contributed by atoms with E-state index in [1.807, 2.05) is 0 Å². The summed E-state index contributed by atoms with van der Waals surface area (Å²) in [6.45, 7) is 24.6. The van der Waals surface area contributed by atoms with Crippen molar-refractivity contribution in [2.75, 3.05) is 0 Å². The van der Waals surface area contributed by atoms with Crippen LogP contribution in [-0.2, 0) is 20.9 Å². The average Bonchev–Trinajstić information content (AvgIpc) is 2.71. The van der Waals surface area contributed by atoms with Crippen molar-refractivity contribution in [3.63, 3.8) is 0 Å². The maximum atomic E-state index is 2.66. The maximum absolute atomic E-state index is 2.66. The zero-order chi connectivity index (χ0) is 17.0. The fourth-order valence-corrected chi connectivity index (χ4v) is 36.0. The molecule has 0 bridgehead atoms. The van der Waals surface area contributed by atoms with E-state index >= 15 is 0 Å². The molecule has 0 fully saturated rings. The van der Waals surface area contributed by atoms with Crippen molar-refractivity contribution >= 4 is 5.92 Å². The van der Waals surface area contributed by atoms with Crippen molar-refractivity contribution in [1.82, 2.24) is 0 Å². The number of hydrogen-bond acceptors (Lipinski definition) is 0. The Hall–Kier alpha value is 0.640. The standard InChI is InChI=1S/2C9H13.C2H7Si.2ClH.Zr/c2*1-6-5-7(2)9(4)8(6)3;1-3-2;;;/h2*5H,1-4H3;3H,1-2H3;2*1H;/q;;;;;+2/p-2. The van der Waals surface area contributed by atoms with E-state index < -0.39 is 26.8 Å². The molecule has 0 saturated heterocycles. The van der Waals surface area contributed by atoms with E-state index in [4.69, 9.17) is 0 Å². The van der Waals surface area contributed by atoms with Gasteiger partial charge in [-0.3, -0.25) is 0 Å². The van der Waals surface area contributed by atoms with Crippen LogP contribution in [0.15, 0.2) is 45.6 Å². The second-order valence-electron chi connectivity index (χ2n) is 8.13. The first-order valence-corrected chi connectivity index (χ1v) is 18.2. The third-order valence-electron chi connectivity index (χ3n) is 6.57. The van der Waals surface area contributed by atoms with Gasteiger partial charge in [0.05, 0.1) is 0 Å². The Bertz CT molecular complexity index is 590. The summed E-state index contributed by atoms with van der Waals surface area (Å²) in [4.78, 5) is 0. The zero-order valence-corrected chi connectivity index (χ0v) is 22.1. The Morgan fingerprint density at radius 3 is 1.17 bits per heavy atom. The molecule has 24 heavy (non-hydrogen) atoms. The van der Waals surface area contributed by atoms with Crippen molar-refractivity contribution in [2.45, 2.75) is 74.7 Å². The molecule has 0 amide bonds. The molecule has 2 rings (SSSR count). The SMILES string of the molecule is CC1=C[C](C)([Zr+2]([SiH](C)C)[C]2(C)C=C(C)C(C)=C2C)C(C)=C1C.[Cl-].[Cl-]. The predicted octanol–water partition coefficient (Wildman–Crippen LogP) is 0.546. The Morgan fingerprint density at radius 2 is 1.00 bits per heavy atom. The van der Waals surface area contributed by atoms with Gasteiger partial charge < -0.3 is 24.8 Å². The second-order valence-corrected chi connectivity index (χ2v) is 29.5. The maximum Gasteiger partial charge on any atom is -1.00 e. The molecule has 2 unspecified atom stereocenters. The normalized spacial score (nSPS) is 29.5. The third-order valence-corrected chi connectivity index (χ3v) is 31.4. The van der Waals surface area contributed by atoms with Crippen molar-refractivity contribution in [3.8, 4) is 0 Å². The summed E-state index contributed by atoms with van der Waals surface area (Å²) >= 11 is -1.77. The molecular weight excluding hydrogens is 430 g/mol. The molecule has 0 spiro atoms. The molecule has 2 aliphatic rings. The first kappa shape index (κ1) is 24.6. The second kappa shape index (κ2) is 8.12. The van der Waals surface area contributed by atoms with Gasteiger partial charge in [-0.05, 0) is 0 Å². The molecule has 0 heterocycles. The molecule has 0 nitrogen and oxygen atoms in total. The van der Waals surface area contributed by atoms with E-state index in [0.29, 0.717) is 6.25 Å². The summed E-state index contributed by atoms with van der Waals surface area (Å²) in [6.07, 6.45) is 5.32. The molecule has 0 N–H and O–H groups in total. The number of halogens is 2. The number of hydrogen-bond donors (Lipinski definition) is 0.